The second-order valence-electron chi connectivity index (χ2n) is 7.44. The number of fused-ring (bicyclic) bond motifs is 1. The highest BCUT2D eigenvalue weighted by Gasteiger charge is 2.51. The Morgan fingerprint density at radius 3 is 2.76 bits per heavy atom. The first-order valence-corrected chi connectivity index (χ1v) is 9.10. The van der Waals surface area contributed by atoms with Crippen molar-refractivity contribution in [2.45, 2.75) is 59.0 Å². The standard InChI is InChI=1S/C18H28N4O3/c1-12-13(2)20-22(14(12)3)10-6-16(23)21-9-5-15-18(11-21,17(24)25)7-4-8-19-15/h15,19H,4-11H2,1-3H3,(H,24,25)/t15-,18+/m1/s1. The molecule has 2 atom stereocenters. The fourth-order valence-corrected chi connectivity index (χ4v) is 4.22. The first-order chi connectivity index (χ1) is 11.8. The summed E-state index contributed by atoms with van der Waals surface area (Å²) in [4.78, 5) is 26.4. The number of likely N-dealkylation sites (tertiary alicyclic amines) is 1. The van der Waals surface area contributed by atoms with Gasteiger partial charge in [0.1, 0.15) is 5.41 Å². The summed E-state index contributed by atoms with van der Waals surface area (Å²) in [7, 11) is 0. The lowest BCUT2D eigenvalue weighted by Gasteiger charge is -2.48. The quantitative estimate of drug-likeness (QED) is 0.855. The number of rotatable bonds is 4. The molecular weight excluding hydrogens is 320 g/mol. The van der Waals surface area contributed by atoms with Gasteiger partial charge in [-0.2, -0.15) is 5.10 Å². The minimum atomic E-state index is -0.832. The lowest BCUT2D eigenvalue weighted by Crippen LogP contribution is -2.63. The molecule has 1 aromatic rings. The lowest BCUT2D eigenvalue weighted by atomic mass is 9.70. The van der Waals surface area contributed by atoms with Crippen molar-refractivity contribution in [2.24, 2.45) is 5.41 Å². The van der Waals surface area contributed by atoms with Gasteiger partial charge < -0.3 is 15.3 Å². The highest BCUT2D eigenvalue weighted by Crippen LogP contribution is 2.38. The molecule has 1 amide bonds. The Labute approximate surface area is 148 Å². The van der Waals surface area contributed by atoms with Crippen LogP contribution in [0.5, 0.6) is 0 Å². The van der Waals surface area contributed by atoms with E-state index in [1.807, 2.05) is 25.5 Å². The molecule has 1 aromatic heterocycles. The summed E-state index contributed by atoms with van der Waals surface area (Å²) in [6, 6.07) is -0.0264. The summed E-state index contributed by atoms with van der Waals surface area (Å²) < 4.78 is 1.88. The minimum absolute atomic E-state index is 0.0230. The number of aryl methyl sites for hydroxylation is 2. The molecule has 0 saturated carbocycles. The molecule has 2 aliphatic heterocycles. The Balaban J connectivity index is 1.66. The average molecular weight is 348 g/mol. The van der Waals surface area contributed by atoms with Gasteiger partial charge >= 0.3 is 5.97 Å². The number of hydrogen-bond acceptors (Lipinski definition) is 4. The van der Waals surface area contributed by atoms with Crippen LogP contribution < -0.4 is 5.32 Å². The topological polar surface area (TPSA) is 87.5 Å². The molecule has 2 N–H and O–H groups in total. The van der Waals surface area contributed by atoms with Crippen LogP contribution in [-0.4, -0.2) is 57.3 Å². The van der Waals surface area contributed by atoms with Gasteiger partial charge in [0.25, 0.3) is 0 Å². The number of carboxylic acid groups (broad SMARTS) is 1. The van der Waals surface area contributed by atoms with E-state index in [4.69, 9.17) is 0 Å². The van der Waals surface area contributed by atoms with Crippen molar-refractivity contribution in [3.05, 3.63) is 17.0 Å². The number of hydrogen-bond donors (Lipinski definition) is 2. The van der Waals surface area contributed by atoms with E-state index in [9.17, 15) is 14.7 Å². The van der Waals surface area contributed by atoms with E-state index in [1.54, 1.807) is 4.90 Å². The monoisotopic (exact) mass is 348 g/mol. The van der Waals surface area contributed by atoms with Gasteiger partial charge in [-0.05, 0) is 52.1 Å². The van der Waals surface area contributed by atoms with Gasteiger partial charge in [0, 0.05) is 37.8 Å². The summed E-state index contributed by atoms with van der Waals surface area (Å²) in [5.74, 6) is -0.758. The van der Waals surface area contributed by atoms with Crippen LogP contribution in [0.4, 0.5) is 0 Å². The van der Waals surface area contributed by atoms with E-state index in [0.717, 1.165) is 29.9 Å². The third-order valence-corrected chi connectivity index (χ3v) is 6.08. The van der Waals surface area contributed by atoms with Crippen molar-refractivity contribution < 1.29 is 14.7 Å². The van der Waals surface area contributed by atoms with Gasteiger partial charge in [-0.3, -0.25) is 14.3 Å². The number of piperidine rings is 2. The van der Waals surface area contributed by atoms with Crippen molar-refractivity contribution in [1.29, 1.82) is 0 Å². The van der Waals surface area contributed by atoms with Gasteiger partial charge in [-0.1, -0.05) is 0 Å². The molecule has 0 aromatic carbocycles. The lowest BCUT2D eigenvalue weighted by molar-refractivity contribution is -0.159. The van der Waals surface area contributed by atoms with Crippen LogP contribution in [-0.2, 0) is 16.1 Å². The van der Waals surface area contributed by atoms with Crippen LogP contribution in [0.25, 0.3) is 0 Å². The fourth-order valence-electron chi connectivity index (χ4n) is 4.22. The highest BCUT2D eigenvalue weighted by atomic mass is 16.4. The number of nitrogens with one attached hydrogen (secondary N) is 1. The third-order valence-electron chi connectivity index (χ3n) is 6.08. The van der Waals surface area contributed by atoms with Crippen LogP contribution in [0.1, 0.15) is 42.6 Å². The van der Waals surface area contributed by atoms with Crippen molar-refractivity contribution >= 4 is 11.9 Å². The number of carbonyl (C=O) groups is 2. The van der Waals surface area contributed by atoms with E-state index < -0.39 is 11.4 Å². The second kappa shape index (κ2) is 6.78. The zero-order valence-electron chi connectivity index (χ0n) is 15.3. The zero-order chi connectivity index (χ0) is 18.2. The molecule has 2 fully saturated rings. The molecule has 0 bridgehead atoms. The molecule has 7 nitrogen and oxygen atoms in total. The molecule has 2 aliphatic rings. The van der Waals surface area contributed by atoms with Crippen LogP contribution in [0.15, 0.2) is 0 Å². The minimum Gasteiger partial charge on any atom is -0.481 e. The predicted molar refractivity (Wildman–Crippen MR) is 93.3 cm³/mol. The van der Waals surface area contributed by atoms with E-state index in [0.29, 0.717) is 38.9 Å². The number of carbonyl (C=O) groups excluding carboxylic acids is 1. The number of aliphatic carboxylic acids is 1. The summed E-state index contributed by atoms with van der Waals surface area (Å²) in [5.41, 5.74) is 2.40. The number of amides is 1. The largest absolute Gasteiger partial charge is 0.481 e. The molecule has 0 radical (unpaired) electrons. The maximum absolute atomic E-state index is 12.7. The normalized spacial score (nSPS) is 26.4. The molecule has 25 heavy (non-hydrogen) atoms. The van der Waals surface area contributed by atoms with Gasteiger partial charge in [-0.25, -0.2) is 0 Å². The Hall–Kier alpha value is -1.89. The molecule has 3 rings (SSSR count). The smallest absolute Gasteiger partial charge is 0.313 e. The summed E-state index contributed by atoms with van der Waals surface area (Å²) in [6.45, 7) is 8.36. The van der Waals surface area contributed by atoms with Crippen molar-refractivity contribution in [1.82, 2.24) is 20.0 Å². The Morgan fingerprint density at radius 1 is 1.36 bits per heavy atom. The van der Waals surface area contributed by atoms with E-state index >= 15 is 0 Å². The molecule has 0 spiro atoms. The molecule has 0 aliphatic carbocycles. The summed E-state index contributed by atoms with van der Waals surface area (Å²) in [5, 5.41) is 17.6. The highest BCUT2D eigenvalue weighted by molar-refractivity contribution is 5.80. The Bertz CT molecular complexity index is 684. The Kier molecular flexibility index (Phi) is 4.86. The van der Waals surface area contributed by atoms with E-state index in [1.165, 1.54) is 0 Å². The number of aromatic nitrogens is 2. The van der Waals surface area contributed by atoms with Crippen molar-refractivity contribution in [2.75, 3.05) is 19.6 Å². The van der Waals surface area contributed by atoms with Crippen molar-refractivity contribution in [3.63, 3.8) is 0 Å². The van der Waals surface area contributed by atoms with Gasteiger partial charge in [0.05, 0.1) is 5.69 Å². The molecule has 0 unspecified atom stereocenters. The first kappa shape index (κ1) is 17.9. The molecule has 3 heterocycles. The van der Waals surface area contributed by atoms with Crippen LogP contribution in [0.2, 0.25) is 0 Å². The number of carboxylic acids is 1. The second-order valence-corrected chi connectivity index (χ2v) is 7.44. The maximum atomic E-state index is 12.7. The third kappa shape index (κ3) is 3.17. The Morgan fingerprint density at radius 2 is 2.12 bits per heavy atom. The van der Waals surface area contributed by atoms with Crippen LogP contribution >= 0.6 is 0 Å². The van der Waals surface area contributed by atoms with E-state index in [2.05, 4.69) is 10.4 Å². The molecule has 2 saturated heterocycles. The average Bonchev–Trinajstić information content (AvgIpc) is 2.85. The van der Waals surface area contributed by atoms with Crippen LogP contribution in [0.3, 0.4) is 0 Å². The molecule has 7 heteroatoms. The molecule has 138 valence electrons. The van der Waals surface area contributed by atoms with Crippen molar-refractivity contribution in [3.8, 4) is 0 Å². The number of nitrogens with zero attached hydrogens (tertiary/aromatic N) is 3. The fraction of sp³-hybridized carbons (Fsp3) is 0.722. The zero-order valence-corrected chi connectivity index (χ0v) is 15.3. The van der Waals surface area contributed by atoms with Gasteiger partial charge in [0.2, 0.25) is 5.91 Å². The van der Waals surface area contributed by atoms with Gasteiger partial charge in [0.15, 0.2) is 0 Å². The summed E-state index contributed by atoms with van der Waals surface area (Å²) >= 11 is 0. The predicted octanol–water partition coefficient (Wildman–Crippen LogP) is 1.25. The van der Waals surface area contributed by atoms with E-state index in [-0.39, 0.29) is 11.9 Å². The van der Waals surface area contributed by atoms with Crippen LogP contribution in [0, 0.1) is 26.2 Å². The maximum Gasteiger partial charge on any atom is 0.313 e. The summed E-state index contributed by atoms with van der Waals surface area (Å²) in [6.07, 6.45) is 2.54. The molecular formula is C18H28N4O3. The first-order valence-electron chi connectivity index (χ1n) is 9.10. The van der Waals surface area contributed by atoms with Gasteiger partial charge in [-0.15, -0.1) is 0 Å². The SMILES string of the molecule is Cc1nn(CCC(=O)N2CC[C@H]3NCCC[C@]3(C(=O)O)C2)c(C)c1C.